The third kappa shape index (κ3) is 5.54. The van der Waals surface area contributed by atoms with E-state index in [1.165, 1.54) is 0 Å². The van der Waals surface area contributed by atoms with E-state index in [2.05, 4.69) is 9.89 Å². The molecule has 9 heteroatoms. The topological polar surface area (TPSA) is 82.2 Å². The highest BCUT2D eigenvalue weighted by Crippen LogP contribution is 2.22. The average Bonchev–Trinajstić information content (AvgIpc) is 2.61. The number of hydrogen-bond donors (Lipinski definition) is 1. The van der Waals surface area contributed by atoms with Crippen molar-refractivity contribution in [3.63, 3.8) is 0 Å². The van der Waals surface area contributed by atoms with Crippen LogP contribution in [0.3, 0.4) is 0 Å². The smallest absolute Gasteiger partial charge is 0.243 e. The van der Waals surface area contributed by atoms with Crippen molar-refractivity contribution in [2.45, 2.75) is 25.3 Å². The monoisotopic (exact) mass is 495 g/mol. The normalized spacial score (nSPS) is 17.0. The quantitative estimate of drug-likeness (QED) is 0.367. The van der Waals surface area contributed by atoms with Gasteiger partial charge in [-0.3, -0.25) is 0 Å². The van der Waals surface area contributed by atoms with Crippen molar-refractivity contribution < 1.29 is 8.42 Å². The van der Waals surface area contributed by atoms with Crippen LogP contribution in [-0.4, -0.2) is 74.8 Å². The summed E-state index contributed by atoms with van der Waals surface area (Å²) >= 11 is 0. The molecule has 1 aromatic rings. The highest BCUT2D eigenvalue weighted by molar-refractivity contribution is 14.0. The minimum absolute atomic E-state index is 0. The first-order chi connectivity index (χ1) is 11.9. The number of guanidine groups is 1. The number of rotatable bonds is 6. The number of halogens is 1. The number of likely N-dealkylation sites (N-methyl/N-ethyl adjacent to an activating group) is 1. The molecule has 0 spiro atoms. The van der Waals surface area contributed by atoms with Crippen LogP contribution >= 0.6 is 24.0 Å². The zero-order chi connectivity index (χ0) is 18.4. The number of aliphatic imine (C=N–C) groups is 1. The van der Waals surface area contributed by atoms with Gasteiger partial charge in [-0.15, -0.1) is 24.0 Å². The van der Waals surface area contributed by atoms with Crippen LogP contribution in [0.4, 0.5) is 0 Å². The van der Waals surface area contributed by atoms with E-state index < -0.39 is 10.0 Å². The third-order valence-electron chi connectivity index (χ3n) is 4.55. The van der Waals surface area contributed by atoms with E-state index >= 15 is 0 Å². The van der Waals surface area contributed by atoms with Gasteiger partial charge in [0.2, 0.25) is 10.0 Å². The van der Waals surface area contributed by atoms with Crippen molar-refractivity contribution in [3.05, 3.63) is 29.8 Å². The van der Waals surface area contributed by atoms with Gasteiger partial charge in [-0.2, -0.15) is 4.31 Å². The molecule has 0 atom stereocenters. The molecule has 0 radical (unpaired) electrons. The van der Waals surface area contributed by atoms with Gasteiger partial charge in [0.15, 0.2) is 5.96 Å². The van der Waals surface area contributed by atoms with Gasteiger partial charge < -0.3 is 15.5 Å². The fourth-order valence-corrected chi connectivity index (χ4v) is 4.50. The second kappa shape index (κ2) is 10.4. The minimum Gasteiger partial charge on any atom is -0.370 e. The predicted molar refractivity (Wildman–Crippen MR) is 116 cm³/mol. The number of piperazine rings is 1. The molecule has 0 unspecified atom stereocenters. The lowest BCUT2D eigenvalue weighted by Crippen LogP contribution is -2.47. The summed E-state index contributed by atoms with van der Waals surface area (Å²) in [5, 5.41) is 0. The second-order valence-electron chi connectivity index (χ2n) is 6.16. The molecule has 0 aliphatic carbocycles. The lowest BCUT2D eigenvalue weighted by molar-refractivity contribution is 0.222. The highest BCUT2D eigenvalue weighted by Gasteiger charge is 2.29. The van der Waals surface area contributed by atoms with Crippen LogP contribution in [0.15, 0.2) is 34.2 Å². The molecule has 0 saturated carbocycles. The summed E-state index contributed by atoms with van der Waals surface area (Å²) in [6, 6.07) is 7.06. The van der Waals surface area contributed by atoms with E-state index in [0.29, 0.717) is 29.5 Å². The fraction of sp³-hybridized carbons (Fsp3) is 0.588. The molecular weight excluding hydrogens is 465 g/mol. The number of sulfonamides is 1. The molecule has 7 nitrogen and oxygen atoms in total. The molecule has 2 rings (SSSR count). The van der Waals surface area contributed by atoms with Gasteiger partial charge in [0.1, 0.15) is 0 Å². The maximum absolute atomic E-state index is 13.0. The molecule has 2 N–H and O–H groups in total. The van der Waals surface area contributed by atoms with Crippen LogP contribution in [-0.2, 0) is 16.6 Å². The second-order valence-corrected chi connectivity index (χ2v) is 8.07. The lowest BCUT2D eigenvalue weighted by atomic mass is 10.2. The van der Waals surface area contributed by atoms with Crippen molar-refractivity contribution in [3.8, 4) is 0 Å². The van der Waals surface area contributed by atoms with Gasteiger partial charge in [-0.25, -0.2) is 13.4 Å². The van der Waals surface area contributed by atoms with Crippen LogP contribution < -0.4 is 5.73 Å². The van der Waals surface area contributed by atoms with Crippen LogP contribution in [0.5, 0.6) is 0 Å². The molecule has 1 saturated heterocycles. The van der Waals surface area contributed by atoms with E-state index in [4.69, 9.17) is 5.73 Å². The Balaban J connectivity index is 0.00000338. The first-order valence-electron chi connectivity index (χ1n) is 8.71. The molecule has 26 heavy (non-hydrogen) atoms. The van der Waals surface area contributed by atoms with Gasteiger partial charge in [0.25, 0.3) is 0 Å². The van der Waals surface area contributed by atoms with Crippen LogP contribution in [0.1, 0.15) is 19.4 Å². The Kier molecular flexibility index (Phi) is 9.28. The standard InChI is InChI=1S/C17H29N5O2S.HI/c1-4-21(5-2)17(18)19-14-15-8-6-7-9-16(15)25(23,24)22-12-10-20(3)11-13-22;/h6-9H,4-5,10-14H2,1-3H3,(H2,18,19);1H. The molecule has 148 valence electrons. The molecule has 0 aromatic heterocycles. The van der Waals surface area contributed by atoms with Crippen LogP contribution in [0.25, 0.3) is 0 Å². The summed E-state index contributed by atoms with van der Waals surface area (Å²) < 4.78 is 27.6. The van der Waals surface area contributed by atoms with Gasteiger partial charge >= 0.3 is 0 Å². The molecule has 0 amide bonds. The predicted octanol–water partition coefficient (Wildman–Crippen LogP) is 1.40. The Morgan fingerprint density at radius 3 is 2.31 bits per heavy atom. The zero-order valence-corrected chi connectivity index (χ0v) is 18.9. The maximum atomic E-state index is 13.0. The highest BCUT2D eigenvalue weighted by atomic mass is 127. The number of nitrogens with two attached hydrogens (primary N) is 1. The summed E-state index contributed by atoms with van der Waals surface area (Å²) in [6.07, 6.45) is 0. The van der Waals surface area contributed by atoms with E-state index in [1.807, 2.05) is 37.9 Å². The van der Waals surface area contributed by atoms with Gasteiger partial charge in [-0.1, -0.05) is 18.2 Å². The zero-order valence-electron chi connectivity index (χ0n) is 15.8. The Morgan fingerprint density at radius 1 is 1.15 bits per heavy atom. The largest absolute Gasteiger partial charge is 0.370 e. The van der Waals surface area contributed by atoms with E-state index in [9.17, 15) is 8.42 Å². The summed E-state index contributed by atoms with van der Waals surface area (Å²) in [5.74, 6) is 0.441. The maximum Gasteiger partial charge on any atom is 0.243 e. The Labute approximate surface area is 174 Å². The van der Waals surface area contributed by atoms with Crippen molar-refractivity contribution >= 4 is 40.0 Å². The molecule has 1 aromatic carbocycles. The molecule has 1 aliphatic heterocycles. The number of nitrogens with zero attached hydrogens (tertiary/aromatic N) is 4. The Hall–Kier alpha value is -0.910. The first-order valence-corrected chi connectivity index (χ1v) is 10.2. The molecule has 1 fully saturated rings. The summed E-state index contributed by atoms with van der Waals surface area (Å²) in [5.41, 5.74) is 6.69. The lowest BCUT2D eigenvalue weighted by Gasteiger charge is -2.32. The average molecular weight is 495 g/mol. The Bertz CT molecular complexity index is 699. The van der Waals surface area contributed by atoms with Crippen molar-refractivity contribution in [1.29, 1.82) is 0 Å². The van der Waals surface area contributed by atoms with Crippen molar-refractivity contribution in [1.82, 2.24) is 14.1 Å². The van der Waals surface area contributed by atoms with Crippen molar-refractivity contribution in [2.75, 3.05) is 46.3 Å². The minimum atomic E-state index is -3.51. The summed E-state index contributed by atoms with van der Waals surface area (Å²) in [4.78, 5) is 8.80. The van der Waals surface area contributed by atoms with E-state index in [1.54, 1.807) is 16.4 Å². The summed E-state index contributed by atoms with van der Waals surface area (Å²) in [7, 11) is -1.51. The number of benzene rings is 1. The molecule has 1 heterocycles. The van der Waals surface area contributed by atoms with E-state index in [-0.39, 0.29) is 30.5 Å². The molecule has 1 aliphatic rings. The van der Waals surface area contributed by atoms with Gasteiger partial charge in [0, 0.05) is 39.3 Å². The van der Waals surface area contributed by atoms with E-state index in [0.717, 1.165) is 26.2 Å². The molecular formula is C17H30IN5O2S. The summed E-state index contributed by atoms with van der Waals surface area (Å²) in [6.45, 7) is 8.33. The Morgan fingerprint density at radius 2 is 1.73 bits per heavy atom. The first kappa shape index (κ1) is 23.1. The van der Waals surface area contributed by atoms with Crippen LogP contribution in [0, 0.1) is 0 Å². The fourth-order valence-electron chi connectivity index (χ4n) is 2.87. The number of hydrogen-bond acceptors (Lipinski definition) is 4. The van der Waals surface area contributed by atoms with Gasteiger partial charge in [-0.05, 0) is 32.5 Å². The SMILES string of the molecule is CCN(CC)C(N)=NCc1ccccc1S(=O)(=O)N1CCN(C)CC1.I. The van der Waals surface area contributed by atoms with Crippen LogP contribution in [0.2, 0.25) is 0 Å². The molecule has 0 bridgehead atoms. The van der Waals surface area contributed by atoms with Gasteiger partial charge in [0.05, 0.1) is 11.4 Å². The third-order valence-corrected chi connectivity index (χ3v) is 6.55. The van der Waals surface area contributed by atoms with Crippen molar-refractivity contribution in [2.24, 2.45) is 10.7 Å².